The van der Waals surface area contributed by atoms with Crippen LogP contribution in [0.15, 0.2) is 0 Å². The van der Waals surface area contributed by atoms with Gasteiger partial charge in [-0.15, -0.1) is 0 Å². The molecule has 0 aliphatic rings. The SMILES string of the molecule is CCCCCCCCCCCCCCCC[Si](C)C. The van der Waals surface area contributed by atoms with Crippen LogP contribution in [0.3, 0.4) is 0 Å². The molecule has 0 spiro atoms. The molecule has 0 fully saturated rings. The molecule has 0 aromatic rings. The largest absolute Gasteiger partial charge is 0.0713 e. The van der Waals surface area contributed by atoms with Crippen LogP contribution in [0.5, 0.6) is 0 Å². The van der Waals surface area contributed by atoms with Crippen molar-refractivity contribution >= 4 is 8.80 Å². The summed E-state index contributed by atoms with van der Waals surface area (Å²) in [5, 5.41) is 0. The third kappa shape index (κ3) is 18.2. The lowest BCUT2D eigenvalue weighted by atomic mass is 10.0. The first-order valence-electron chi connectivity index (χ1n) is 9.06. The highest BCUT2D eigenvalue weighted by Gasteiger charge is 1.96. The van der Waals surface area contributed by atoms with Gasteiger partial charge in [0.1, 0.15) is 0 Å². The highest BCUT2D eigenvalue weighted by atomic mass is 28.3. The highest BCUT2D eigenvalue weighted by molar-refractivity contribution is 6.55. The van der Waals surface area contributed by atoms with E-state index in [4.69, 9.17) is 0 Å². The summed E-state index contributed by atoms with van der Waals surface area (Å²) in [5.74, 6) is 0. The van der Waals surface area contributed by atoms with Crippen molar-refractivity contribution in [3.05, 3.63) is 0 Å². The van der Waals surface area contributed by atoms with Crippen LogP contribution in [0.4, 0.5) is 0 Å². The maximum atomic E-state index is 2.44. The van der Waals surface area contributed by atoms with Gasteiger partial charge >= 0.3 is 0 Å². The summed E-state index contributed by atoms with van der Waals surface area (Å²) < 4.78 is 0. The van der Waals surface area contributed by atoms with Gasteiger partial charge in [0.25, 0.3) is 0 Å². The highest BCUT2D eigenvalue weighted by Crippen LogP contribution is 2.13. The minimum absolute atomic E-state index is 0.0497. The zero-order valence-corrected chi connectivity index (χ0v) is 15.1. The van der Waals surface area contributed by atoms with Crippen LogP contribution in [-0.4, -0.2) is 8.80 Å². The second kappa shape index (κ2) is 16.3. The molecule has 0 saturated carbocycles. The number of unbranched alkanes of at least 4 members (excludes halogenated alkanes) is 13. The van der Waals surface area contributed by atoms with Gasteiger partial charge in [0, 0.05) is 8.80 Å². The van der Waals surface area contributed by atoms with Crippen LogP contribution in [0, 0.1) is 0 Å². The Morgan fingerprint density at radius 1 is 0.474 bits per heavy atom. The number of rotatable bonds is 15. The molecule has 115 valence electrons. The van der Waals surface area contributed by atoms with Gasteiger partial charge < -0.3 is 0 Å². The van der Waals surface area contributed by atoms with Gasteiger partial charge in [-0.1, -0.05) is 116 Å². The predicted octanol–water partition coefficient (Wildman–Crippen LogP) is 7.22. The number of hydrogen-bond acceptors (Lipinski definition) is 0. The summed E-state index contributed by atoms with van der Waals surface area (Å²) in [4.78, 5) is 0. The van der Waals surface area contributed by atoms with Crippen molar-refractivity contribution in [1.82, 2.24) is 0 Å². The van der Waals surface area contributed by atoms with Gasteiger partial charge in [-0.05, 0) is 0 Å². The molecule has 0 unspecified atom stereocenters. The zero-order valence-electron chi connectivity index (χ0n) is 14.1. The minimum atomic E-state index is 0.0497. The molecule has 19 heavy (non-hydrogen) atoms. The van der Waals surface area contributed by atoms with Crippen LogP contribution < -0.4 is 0 Å². The molecule has 0 heterocycles. The molecule has 0 aromatic heterocycles. The van der Waals surface area contributed by atoms with E-state index in [0.717, 1.165) is 0 Å². The van der Waals surface area contributed by atoms with E-state index in [-0.39, 0.29) is 8.80 Å². The second-order valence-electron chi connectivity index (χ2n) is 6.55. The van der Waals surface area contributed by atoms with Crippen molar-refractivity contribution in [2.75, 3.05) is 0 Å². The fourth-order valence-electron chi connectivity index (χ4n) is 2.67. The van der Waals surface area contributed by atoms with Crippen molar-refractivity contribution in [1.29, 1.82) is 0 Å². The summed E-state index contributed by atoms with van der Waals surface area (Å²) in [6.45, 7) is 7.17. The molecule has 0 atom stereocenters. The lowest BCUT2D eigenvalue weighted by Gasteiger charge is -2.04. The molecular formula is C18H39Si. The van der Waals surface area contributed by atoms with Gasteiger partial charge in [0.15, 0.2) is 0 Å². The van der Waals surface area contributed by atoms with Crippen molar-refractivity contribution in [2.45, 2.75) is 116 Å². The molecular weight excluding hydrogens is 244 g/mol. The average molecular weight is 284 g/mol. The third-order valence-electron chi connectivity index (χ3n) is 4.03. The fraction of sp³-hybridized carbons (Fsp3) is 1.00. The van der Waals surface area contributed by atoms with Crippen LogP contribution in [0.25, 0.3) is 0 Å². The summed E-state index contributed by atoms with van der Waals surface area (Å²) in [7, 11) is 0.0497. The Hall–Kier alpha value is 0.217. The Morgan fingerprint density at radius 3 is 1.11 bits per heavy atom. The quantitative estimate of drug-likeness (QED) is 0.220. The Kier molecular flexibility index (Phi) is 16.5. The minimum Gasteiger partial charge on any atom is -0.0713 e. The average Bonchev–Trinajstić information content (AvgIpc) is 2.39. The Morgan fingerprint density at radius 2 is 0.789 bits per heavy atom. The number of hydrogen-bond donors (Lipinski definition) is 0. The van der Waals surface area contributed by atoms with Crippen molar-refractivity contribution < 1.29 is 0 Å². The molecule has 0 saturated heterocycles. The van der Waals surface area contributed by atoms with E-state index >= 15 is 0 Å². The Balaban J connectivity index is 2.91. The predicted molar refractivity (Wildman–Crippen MR) is 92.6 cm³/mol. The summed E-state index contributed by atoms with van der Waals surface area (Å²) in [5.41, 5.74) is 0. The summed E-state index contributed by atoms with van der Waals surface area (Å²) >= 11 is 0. The first kappa shape index (κ1) is 19.2. The summed E-state index contributed by atoms with van der Waals surface area (Å²) in [6.07, 6.45) is 20.7. The van der Waals surface area contributed by atoms with Crippen LogP contribution >= 0.6 is 0 Å². The van der Waals surface area contributed by atoms with Crippen molar-refractivity contribution in [3.8, 4) is 0 Å². The molecule has 0 aliphatic heterocycles. The Labute approximate surface area is 125 Å². The van der Waals surface area contributed by atoms with E-state index in [1.807, 2.05) is 0 Å². The topological polar surface area (TPSA) is 0 Å². The lowest BCUT2D eigenvalue weighted by Crippen LogP contribution is -1.97. The van der Waals surface area contributed by atoms with Crippen LogP contribution in [-0.2, 0) is 0 Å². The van der Waals surface area contributed by atoms with Crippen LogP contribution in [0.1, 0.15) is 96.8 Å². The standard InChI is InChI=1S/C18H39Si/c1-4-5-6-7-8-9-10-11-12-13-14-15-16-17-18-19(2)3/h4-18H2,1-3H3. The molecule has 1 radical (unpaired) electrons. The molecule has 0 N–H and O–H groups in total. The molecule has 0 rings (SSSR count). The third-order valence-corrected chi connectivity index (χ3v) is 5.38. The van der Waals surface area contributed by atoms with Crippen molar-refractivity contribution in [2.24, 2.45) is 0 Å². The molecule has 0 aliphatic carbocycles. The van der Waals surface area contributed by atoms with Gasteiger partial charge in [0.05, 0.1) is 0 Å². The van der Waals surface area contributed by atoms with E-state index in [2.05, 4.69) is 20.0 Å². The first-order chi connectivity index (χ1) is 9.27. The van der Waals surface area contributed by atoms with E-state index < -0.39 is 0 Å². The van der Waals surface area contributed by atoms with Gasteiger partial charge in [-0.2, -0.15) is 0 Å². The fourth-order valence-corrected chi connectivity index (χ4v) is 3.63. The monoisotopic (exact) mass is 283 g/mol. The Bertz CT molecular complexity index is 154. The second-order valence-corrected chi connectivity index (χ2v) is 9.47. The molecule has 0 amide bonds. The normalized spacial score (nSPS) is 11.4. The maximum absolute atomic E-state index is 2.44. The van der Waals surface area contributed by atoms with Crippen molar-refractivity contribution in [3.63, 3.8) is 0 Å². The molecule has 0 nitrogen and oxygen atoms in total. The van der Waals surface area contributed by atoms with Gasteiger partial charge in [0.2, 0.25) is 0 Å². The van der Waals surface area contributed by atoms with E-state index in [9.17, 15) is 0 Å². The van der Waals surface area contributed by atoms with E-state index in [1.54, 1.807) is 0 Å². The first-order valence-corrected chi connectivity index (χ1v) is 11.8. The molecule has 1 heteroatoms. The van der Waals surface area contributed by atoms with Gasteiger partial charge in [-0.25, -0.2) is 0 Å². The smallest absolute Gasteiger partial charge is 0.0412 e. The lowest BCUT2D eigenvalue weighted by molar-refractivity contribution is 0.538. The van der Waals surface area contributed by atoms with E-state index in [1.165, 1.54) is 95.9 Å². The zero-order chi connectivity index (χ0) is 14.2. The molecule has 0 aromatic carbocycles. The maximum Gasteiger partial charge on any atom is 0.0412 e. The van der Waals surface area contributed by atoms with Gasteiger partial charge in [-0.3, -0.25) is 0 Å². The summed E-state index contributed by atoms with van der Waals surface area (Å²) in [6, 6.07) is 1.53. The van der Waals surface area contributed by atoms with E-state index in [0.29, 0.717) is 0 Å². The van der Waals surface area contributed by atoms with Crippen LogP contribution in [0.2, 0.25) is 19.1 Å². The molecule has 0 bridgehead atoms.